The molecule has 34 heavy (non-hydrogen) atoms. The van der Waals surface area contributed by atoms with E-state index in [0.29, 0.717) is 42.6 Å². The van der Waals surface area contributed by atoms with Gasteiger partial charge in [-0.1, -0.05) is 18.2 Å². The lowest BCUT2D eigenvalue weighted by Crippen LogP contribution is -2.48. The molecule has 1 amide bonds. The largest absolute Gasteiger partial charge is 0.497 e. The van der Waals surface area contributed by atoms with E-state index in [-0.39, 0.29) is 25.0 Å². The lowest BCUT2D eigenvalue weighted by atomic mass is 9.91. The number of hydrogen-bond donors (Lipinski definition) is 1. The third-order valence-corrected chi connectivity index (χ3v) is 5.69. The van der Waals surface area contributed by atoms with Crippen molar-refractivity contribution in [2.24, 2.45) is 0 Å². The van der Waals surface area contributed by atoms with Crippen LogP contribution in [0.5, 0.6) is 23.0 Å². The van der Waals surface area contributed by atoms with Crippen LogP contribution in [-0.2, 0) is 6.61 Å². The standard InChI is InChI=1S/C26H28N2O6/c1-31-21-6-3-18(4-7-21)17-34-24-8-5-19(13-25(24)32-2)20-15-28(16-20)26(30)23-14-22(9-10-27-23)33-12-11-29/h3-10,13-14,20,29H,11-12,15-17H2,1-2H3. The molecule has 0 spiro atoms. The molecule has 1 aliphatic rings. The molecule has 8 heteroatoms. The summed E-state index contributed by atoms with van der Waals surface area (Å²) in [5.41, 5.74) is 2.44. The molecule has 4 rings (SSSR count). The van der Waals surface area contributed by atoms with Crippen LogP contribution in [0.15, 0.2) is 60.8 Å². The number of hydrogen-bond acceptors (Lipinski definition) is 7. The molecule has 2 heterocycles. The maximum Gasteiger partial charge on any atom is 0.272 e. The second-order valence-corrected chi connectivity index (χ2v) is 7.90. The number of aliphatic hydroxyl groups is 1. The summed E-state index contributed by atoms with van der Waals surface area (Å²) in [6.45, 7) is 1.69. The monoisotopic (exact) mass is 464 g/mol. The molecule has 3 aromatic rings. The van der Waals surface area contributed by atoms with Gasteiger partial charge in [-0.2, -0.15) is 0 Å². The Morgan fingerprint density at radius 2 is 1.76 bits per heavy atom. The minimum Gasteiger partial charge on any atom is -0.497 e. The molecule has 1 aromatic heterocycles. The summed E-state index contributed by atoms with van der Waals surface area (Å²) in [6, 6.07) is 16.9. The van der Waals surface area contributed by atoms with Gasteiger partial charge < -0.3 is 29.0 Å². The molecule has 0 aliphatic carbocycles. The molecule has 0 saturated carbocycles. The Morgan fingerprint density at radius 1 is 0.971 bits per heavy atom. The third kappa shape index (κ3) is 5.40. The van der Waals surface area contributed by atoms with Crippen LogP contribution < -0.4 is 18.9 Å². The van der Waals surface area contributed by atoms with Gasteiger partial charge in [0.05, 0.1) is 20.8 Å². The molecule has 0 unspecified atom stereocenters. The first-order valence-corrected chi connectivity index (χ1v) is 11.0. The molecule has 2 aromatic carbocycles. The van der Waals surface area contributed by atoms with E-state index in [2.05, 4.69) is 4.98 Å². The highest BCUT2D eigenvalue weighted by Crippen LogP contribution is 2.35. The number of aromatic nitrogens is 1. The van der Waals surface area contributed by atoms with Crippen molar-refractivity contribution in [1.82, 2.24) is 9.88 Å². The van der Waals surface area contributed by atoms with E-state index in [1.54, 1.807) is 31.3 Å². The van der Waals surface area contributed by atoms with Gasteiger partial charge in [-0.05, 0) is 41.5 Å². The fraction of sp³-hybridized carbons (Fsp3) is 0.308. The zero-order chi connectivity index (χ0) is 23.9. The van der Waals surface area contributed by atoms with Crippen LogP contribution in [0.3, 0.4) is 0 Å². The Morgan fingerprint density at radius 3 is 2.47 bits per heavy atom. The van der Waals surface area contributed by atoms with Crippen molar-refractivity contribution in [3.05, 3.63) is 77.6 Å². The minimum absolute atomic E-state index is 0.0891. The van der Waals surface area contributed by atoms with Crippen LogP contribution in [0.1, 0.15) is 27.5 Å². The molecule has 1 saturated heterocycles. The van der Waals surface area contributed by atoms with Crippen LogP contribution in [0, 0.1) is 0 Å². The van der Waals surface area contributed by atoms with Gasteiger partial charge in [0, 0.05) is 31.3 Å². The number of amides is 1. The smallest absolute Gasteiger partial charge is 0.272 e. The number of carbonyl (C=O) groups excluding carboxylic acids is 1. The Kier molecular flexibility index (Phi) is 7.49. The van der Waals surface area contributed by atoms with Crippen molar-refractivity contribution < 1.29 is 28.8 Å². The lowest BCUT2D eigenvalue weighted by Gasteiger charge is -2.39. The zero-order valence-electron chi connectivity index (χ0n) is 19.3. The lowest BCUT2D eigenvalue weighted by molar-refractivity contribution is 0.0595. The first-order chi connectivity index (χ1) is 16.6. The first kappa shape index (κ1) is 23.4. The van der Waals surface area contributed by atoms with Gasteiger partial charge in [0.1, 0.15) is 30.4 Å². The predicted molar refractivity (Wildman–Crippen MR) is 126 cm³/mol. The van der Waals surface area contributed by atoms with E-state index in [0.717, 1.165) is 16.9 Å². The highest BCUT2D eigenvalue weighted by Gasteiger charge is 2.33. The van der Waals surface area contributed by atoms with Gasteiger partial charge >= 0.3 is 0 Å². The Hall–Kier alpha value is -3.78. The van der Waals surface area contributed by atoms with Gasteiger partial charge in [-0.25, -0.2) is 0 Å². The van der Waals surface area contributed by atoms with Gasteiger partial charge in [-0.15, -0.1) is 0 Å². The number of rotatable bonds is 10. The fourth-order valence-electron chi connectivity index (χ4n) is 3.74. The zero-order valence-corrected chi connectivity index (χ0v) is 19.3. The number of likely N-dealkylation sites (tertiary alicyclic amines) is 1. The quantitative estimate of drug-likeness (QED) is 0.492. The van der Waals surface area contributed by atoms with Crippen molar-refractivity contribution in [2.45, 2.75) is 12.5 Å². The van der Waals surface area contributed by atoms with Gasteiger partial charge in [0.15, 0.2) is 11.5 Å². The van der Waals surface area contributed by atoms with E-state index in [9.17, 15) is 4.79 Å². The highest BCUT2D eigenvalue weighted by atomic mass is 16.5. The highest BCUT2D eigenvalue weighted by molar-refractivity contribution is 5.93. The average molecular weight is 465 g/mol. The summed E-state index contributed by atoms with van der Waals surface area (Å²) < 4.78 is 22.1. The predicted octanol–water partition coefficient (Wildman–Crippen LogP) is 3.29. The van der Waals surface area contributed by atoms with Crippen LogP contribution in [0.25, 0.3) is 0 Å². The minimum atomic E-state index is -0.142. The summed E-state index contributed by atoms with van der Waals surface area (Å²) in [5.74, 6) is 2.71. The van der Waals surface area contributed by atoms with E-state index in [1.165, 1.54) is 6.20 Å². The number of methoxy groups -OCH3 is 2. The molecular weight excluding hydrogens is 436 g/mol. The second-order valence-electron chi connectivity index (χ2n) is 7.90. The molecule has 0 radical (unpaired) electrons. The molecule has 178 valence electrons. The first-order valence-electron chi connectivity index (χ1n) is 11.0. The SMILES string of the molecule is COc1ccc(COc2ccc(C3CN(C(=O)c4cc(OCCO)ccn4)C3)cc2OC)cc1. The van der Waals surface area contributed by atoms with Crippen molar-refractivity contribution in [3.63, 3.8) is 0 Å². The van der Waals surface area contributed by atoms with Crippen molar-refractivity contribution in [2.75, 3.05) is 40.5 Å². The summed E-state index contributed by atoms with van der Waals surface area (Å²) >= 11 is 0. The Bertz CT molecular complexity index is 1110. The van der Waals surface area contributed by atoms with Crippen molar-refractivity contribution in [1.29, 1.82) is 0 Å². The van der Waals surface area contributed by atoms with E-state index >= 15 is 0 Å². The fourth-order valence-corrected chi connectivity index (χ4v) is 3.74. The van der Waals surface area contributed by atoms with E-state index in [1.807, 2.05) is 42.5 Å². The number of carbonyl (C=O) groups is 1. The summed E-state index contributed by atoms with van der Waals surface area (Å²) in [4.78, 5) is 18.7. The van der Waals surface area contributed by atoms with Crippen LogP contribution in [0.2, 0.25) is 0 Å². The summed E-state index contributed by atoms with van der Waals surface area (Å²) in [7, 11) is 3.26. The van der Waals surface area contributed by atoms with Gasteiger partial charge in [0.2, 0.25) is 0 Å². The number of nitrogens with zero attached hydrogens (tertiary/aromatic N) is 2. The third-order valence-electron chi connectivity index (χ3n) is 5.69. The molecule has 0 atom stereocenters. The number of aliphatic hydroxyl groups excluding tert-OH is 1. The molecular formula is C26H28N2O6. The van der Waals surface area contributed by atoms with Gasteiger partial charge in [0.25, 0.3) is 5.91 Å². The van der Waals surface area contributed by atoms with Gasteiger partial charge in [-0.3, -0.25) is 9.78 Å². The second kappa shape index (κ2) is 10.9. The molecule has 1 fully saturated rings. The van der Waals surface area contributed by atoms with Crippen molar-refractivity contribution in [3.8, 4) is 23.0 Å². The number of benzene rings is 2. The van der Waals surface area contributed by atoms with E-state index in [4.69, 9.17) is 24.1 Å². The maximum atomic E-state index is 12.8. The van der Waals surface area contributed by atoms with E-state index < -0.39 is 0 Å². The Balaban J connectivity index is 1.35. The summed E-state index contributed by atoms with van der Waals surface area (Å²) in [6.07, 6.45) is 1.53. The average Bonchev–Trinajstić information content (AvgIpc) is 2.86. The van der Waals surface area contributed by atoms with Crippen LogP contribution in [-0.4, -0.2) is 61.4 Å². The molecule has 8 nitrogen and oxygen atoms in total. The summed E-state index contributed by atoms with van der Waals surface area (Å²) in [5, 5.41) is 8.90. The number of ether oxygens (including phenoxy) is 4. The maximum absolute atomic E-state index is 12.8. The Labute approximate surface area is 198 Å². The van der Waals surface area contributed by atoms with Crippen LogP contribution in [0.4, 0.5) is 0 Å². The number of pyridine rings is 1. The van der Waals surface area contributed by atoms with Crippen molar-refractivity contribution >= 4 is 5.91 Å². The normalized spacial score (nSPS) is 13.2. The topological polar surface area (TPSA) is 90.4 Å². The molecule has 1 aliphatic heterocycles. The van der Waals surface area contributed by atoms with Crippen LogP contribution >= 0.6 is 0 Å². The molecule has 1 N–H and O–H groups in total. The molecule has 0 bridgehead atoms.